The Bertz CT molecular complexity index is 1090. The summed E-state index contributed by atoms with van der Waals surface area (Å²) in [5, 5.41) is 9.75. The third-order valence-corrected chi connectivity index (χ3v) is 6.11. The SMILES string of the molecule is Cc1cc(NC(=O)CN2CCN(C(C)C(=O)Nc3nc4ccc(F)cc4s3)CC2)no1. The zero-order valence-electron chi connectivity index (χ0n) is 17.2. The second kappa shape index (κ2) is 9.08. The van der Waals surface area contributed by atoms with E-state index >= 15 is 0 Å². The molecule has 4 rings (SSSR count). The summed E-state index contributed by atoms with van der Waals surface area (Å²) in [6.07, 6.45) is 0. The van der Waals surface area contributed by atoms with Crippen molar-refractivity contribution in [3.05, 3.63) is 35.8 Å². The van der Waals surface area contributed by atoms with E-state index in [0.29, 0.717) is 53.1 Å². The number of nitrogens with zero attached hydrogens (tertiary/aromatic N) is 4. The summed E-state index contributed by atoms with van der Waals surface area (Å²) in [5.74, 6) is 0.398. The summed E-state index contributed by atoms with van der Waals surface area (Å²) in [7, 11) is 0. The van der Waals surface area contributed by atoms with Crippen LogP contribution in [0.3, 0.4) is 0 Å². The lowest BCUT2D eigenvalue weighted by Crippen LogP contribution is -2.53. The van der Waals surface area contributed by atoms with Crippen LogP contribution in [0.2, 0.25) is 0 Å². The van der Waals surface area contributed by atoms with E-state index in [4.69, 9.17) is 4.52 Å². The van der Waals surface area contributed by atoms with Gasteiger partial charge in [0.15, 0.2) is 10.9 Å². The molecule has 1 aliphatic heterocycles. The molecule has 1 unspecified atom stereocenters. The smallest absolute Gasteiger partial charge is 0.243 e. The number of carbonyl (C=O) groups is 2. The molecule has 164 valence electrons. The fraction of sp³-hybridized carbons (Fsp3) is 0.400. The number of rotatable bonds is 6. The summed E-state index contributed by atoms with van der Waals surface area (Å²) < 4.78 is 19.0. The predicted molar refractivity (Wildman–Crippen MR) is 116 cm³/mol. The van der Waals surface area contributed by atoms with Gasteiger partial charge in [-0.05, 0) is 32.0 Å². The van der Waals surface area contributed by atoms with E-state index in [1.165, 1.54) is 23.5 Å². The Kier molecular flexibility index (Phi) is 6.25. The Morgan fingerprint density at radius 3 is 2.71 bits per heavy atom. The van der Waals surface area contributed by atoms with Crippen LogP contribution in [0, 0.1) is 12.7 Å². The van der Waals surface area contributed by atoms with Crippen molar-refractivity contribution in [2.45, 2.75) is 19.9 Å². The summed E-state index contributed by atoms with van der Waals surface area (Å²) in [6.45, 7) is 6.52. The van der Waals surface area contributed by atoms with Gasteiger partial charge < -0.3 is 15.2 Å². The van der Waals surface area contributed by atoms with Gasteiger partial charge in [0.2, 0.25) is 11.8 Å². The molecule has 0 bridgehead atoms. The van der Waals surface area contributed by atoms with Crippen LogP contribution in [0.15, 0.2) is 28.8 Å². The minimum Gasteiger partial charge on any atom is -0.360 e. The number of aromatic nitrogens is 2. The number of amides is 2. The lowest BCUT2D eigenvalue weighted by atomic mass is 10.2. The Morgan fingerprint density at radius 2 is 2.00 bits per heavy atom. The van der Waals surface area contributed by atoms with Gasteiger partial charge in [-0.25, -0.2) is 9.37 Å². The Morgan fingerprint density at radius 1 is 1.23 bits per heavy atom. The molecule has 0 radical (unpaired) electrons. The van der Waals surface area contributed by atoms with Crippen LogP contribution in [-0.2, 0) is 9.59 Å². The number of benzene rings is 1. The van der Waals surface area contributed by atoms with Crippen LogP contribution >= 0.6 is 11.3 Å². The van der Waals surface area contributed by atoms with E-state index in [-0.39, 0.29) is 30.2 Å². The minimum atomic E-state index is -0.349. The van der Waals surface area contributed by atoms with E-state index in [2.05, 4.69) is 25.7 Å². The largest absolute Gasteiger partial charge is 0.360 e. The number of hydrogen-bond donors (Lipinski definition) is 2. The molecule has 2 N–H and O–H groups in total. The van der Waals surface area contributed by atoms with Crippen molar-refractivity contribution < 1.29 is 18.5 Å². The number of thiazole rings is 1. The predicted octanol–water partition coefficient (Wildman–Crippen LogP) is 2.32. The number of halogens is 1. The standard InChI is InChI=1S/C20H23FN6O3S/c1-12-9-17(25-30-12)23-18(28)11-26-5-7-27(8-6-26)13(2)19(29)24-20-22-15-4-3-14(21)10-16(15)31-20/h3-4,9-10,13H,5-8,11H2,1-2H3,(H,22,24,29)(H,23,25,28). The van der Waals surface area contributed by atoms with Crippen molar-refractivity contribution in [1.82, 2.24) is 19.9 Å². The number of nitrogens with one attached hydrogen (secondary N) is 2. The summed E-state index contributed by atoms with van der Waals surface area (Å²) in [6, 6.07) is 5.67. The first-order valence-electron chi connectivity index (χ1n) is 9.94. The molecule has 2 aromatic heterocycles. The highest BCUT2D eigenvalue weighted by atomic mass is 32.1. The third-order valence-electron chi connectivity index (χ3n) is 5.18. The molecule has 0 aliphatic carbocycles. The Hall–Kier alpha value is -2.89. The van der Waals surface area contributed by atoms with E-state index in [1.54, 1.807) is 19.1 Å². The highest BCUT2D eigenvalue weighted by Crippen LogP contribution is 2.26. The zero-order valence-corrected chi connectivity index (χ0v) is 18.0. The Labute approximate surface area is 182 Å². The number of carbonyl (C=O) groups excluding carboxylic acids is 2. The van der Waals surface area contributed by atoms with Gasteiger partial charge in [-0.1, -0.05) is 16.5 Å². The average Bonchev–Trinajstić information content (AvgIpc) is 3.32. The molecule has 1 aromatic carbocycles. The quantitative estimate of drug-likeness (QED) is 0.599. The van der Waals surface area contributed by atoms with Crippen LogP contribution < -0.4 is 10.6 Å². The third kappa shape index (κ3) is 5.24. The molecule has 2 amide bonds. The van der Waals surface area contributed by atoms with Crippen molar-refractivity contribution in [2.24, 2.45) is 0 Å². The fourth-order valence-electron chi connectivity index (χ4n) is 3.45. The second-order valence-corrected chi connectivity index (χ2v) is 8.51. The highest BCUT2D eigenvalue weighted by molar-refractivity contribution is 7.22. The monoisotopic (exact) mass is 446 g/mol. The summed E-state index contributed by atoms with van der Waals surface area (Å²) >= 11 is 1.25. The lowest BCUT2D eigenvalue weighted by Gasteiger charge is -2.36. The van der Waals surface area contributed by atoms with Crippen molar-refractivity contribution in [3.8, 4) is 0 Å². The molecule has 1 fully saturated rings. The van der Waals surface area contributed by atoms with Gasteiger partial charge in [-0.2, -0.15) is 0 Å². The van der Waals surface area contributed by atoms with Crippen molar-refractivity contribution in [1.29, 1.82) is 0 Å². The second-order valence-electron chi connectivity index (χ2n) is 7.48. The van der Waals surface area contributed by atoms with Gasteiger partial charge in [0.1, 0.15) is 11.6 Å². The fourth-order valence-corrected chi connectivity index (χ4v) is 4.34. The van der Waals surface area contributed by atoms with Gasteiger partial charge in [0, 0.05) is 32.2 Å². The maximum Gasteiger partial charge on any atom is 0.243 e. The van der Waals surface area contributed by atoms with Gasteiger partial charge in [-0.3, -0.25) is 19.4 Å². The van der Waals surface area contributed by atoms with Gasteiger partial charge in [0.05, 0.1) is 22.8 Å². The molecule has 0 spiro atoms. The molecular formula is C20H23FN6O3S. The van der Waals surface area contributed by atoms with Crippen LogP contribution in [0.4, 0.5) is 15.3 Å². The topological polar surface area (TPSA) is 104 Å². The highest BCUT2D eigenvalue weighted by Gasteiger charge is 2.27. The van der Waals surface area contributed by atoms with Crippen LogP contribution in [0.25, 0.3) is 10.2 Å². The first-order chi connectivity index (χ1) is 14.9. The summed E-state index contributed by atoms with van der Waals surface area (Å²) in [4.78, 5) is 33.3. The maximum atomic E-state index is 13.3. The van der Waals surface area contributed by atoms with Gasteiger partial charge in [0.25, 0.3) is 0 Å². The number of hydrogen-bond acceptors (Lipinski definition) is 8. The molecule has 31 heavy (non-hydrogen) atoms. The van der Waals surface area contributed by atoms with Crippen molar-refractivity contribution in [3.63, 3.8) is 0 Å². The minimum absolute atomic E-state index is 0.153. The normalized spacial score (nSPS) is 16.4. The molecule has 0 saturated carbocycles. The number of piperazine rings is 1. The molecule has 1 saturated heterocycles. The molecule has 11 heteroatoms. The van der Waals surface area contributed by atoms with Crippen LogP contribution in [0.5, 0.6) is 0 Å². The molecule has 3 aromatic rings. The van der Waals surface area contributed by atoms with Gasteiger partial charge >= 0.3 is 0 Å². The molecule has 1 aliphatic rings. The van der Waals surface area contributed by atoms with Crippen molar-refractivity contribution in [2.75, 3.05) is 43.4 Å². The molecule has 1 atom stereocenters. The maximum absolute atomic E-state index is 13.3. The number of fused-ring (bicyclic) bond motifs is 1. The van der Waals surface area contributed by atoms with Crippen LogP contribution in [0.1, 0.15) is 12.7 Å². The lowest BCUT2D eigenvalue weighted by molar-refractivity contribution is -0.122. The zero-order chi connectivity index (χ0) is 22.0. The first-order valence-corrected chi connectivity index (χ1v) is 10.8. The van der Waals surface area contributed by atoms with E-state index in [1.807, 2.05) is 11.8 Å². The first kappa shape index (κ1) is 21.3. The molecular weight excluding hydrogens is 423 g/mol. The van der Waals surface area contributed by atoms with Gasteiger partial charge in [-0.15, -0.1) is 0 Å². The molecule has 3 heterocycles. The van der Waals surface area contributed by atoms with Crippen LogP contribution in [-0.4, -0.2) is 70.5 Å². The average molecular weight is 447 g/mol. The van der Waals surface area contributed by atoms with E-state index in [9.17, 15) is 14.0 Å². The molecule has 9 nitrogen and oxygen atoms in total. The summed E-state index contributed by atoms with van der Waals surface area (Å²) in [5.41, 5.74) is 0.655. The number of aryl methyl sites for hydroxylation is 1. The Balaban J connectivity index is 1.25. The number of anilines is 2. The van der Waals surface area contributed by atoms with E-state index in [0.717, 1.165) is 0 Å². The van der Waals surface area contributed by atoms with Crippen molar-refractivity contribution >= 4 is 44.3 Å². The van der Waals surface area contributed by atoms with E-state index < -0.39 is 0 Å².